The predicted molar refractivity (Wildman–Crippen MR) is 141 cm³/mol. The second-order valence-corrected chi connectivity index (χ2v) is 11.2. The lowest BCUT2D eigenvalue weighted by atomic mass is 9.74. The fraction of sp³-hybridized carbons (Fsp3) is 0.567. The van der Waals surface area contributed by atoms with Gasteiger partial charge < -0.3 is 24.4 Å². The number of carbonyl (C=O) groups is 3. The molecule has 2 unspecified atom stereocenters. The Kier molecular flexibility index (Phi) is 7.22. The molecule has 38 heavy (non-hydrogen) atoms. The molecule has 2 fully saturated rings. The number of ether oxygens (including phenoxy) is 2. The van der Waals surface area contributed by atoms with Crippen molar-refractivity contribution in [2.24, 2.45) is 11.8 Å². The molecule has 4 aliphatic rings. The first-order chi connectivity index (χ1) is 18.3. The highest BCUT2D eigenvalue weighted by molar-refractivity contribution is 5.99. The first kappa shape index (κ1) is 26.6. The largest absolute Gasteiger partial charge is 0.465 e. The number of hydrogen-bond acceptors (Lipinski definition) is 6. The molecule has 8 heteroatoms. The normalized spacial score (nSPS) is 34.1. The van der Waals surface area contributed by atoms with Gasteiger partial charge in [0.05, 0.1) is 30.8 Å². The predicted octanol–water partition coefficient (Wildman–Crippen LogP) is 2.65. The topological polar surface area (TPSA) is 96.4 Å². The fourth-order valence-electron chi connectivity index (χ4n) is 6.95. The Bertz CT molecular complexity index is 1130. The molecule has 4 aliphatic heterocycles. The summed E-state index contributed by atoms with van der Waals surface area (Å²) >= 11 is 0. The maximum absolute atomic E-state index is 14.4. The maximum atomic E-state index is 14.4. The number of aliphatic hydroxyl groups excluding tert-OH is 1. The van der Waals surface area contributed by atoms with E-state index in [1.807, 2.05) is 61.6 Å². The zero-order valence-corrected chi connectivity index (χ0v) is 22.4. The Hall–Kier alpha value is -2.97. The molecule has 5 rings (SSSR count). The van der Waals surface area contributed by atoms with Crippen LogP contribution >= 0.6 is 0 Å². The van der Waals surface area contributed by atoms with E-state index in [9.17, 15) is 19.5 Å². The molecule has 204 valence electrons. The molecular formula is C30H38N2O6. The van der Waals surface area contributed by atoms with E-state index in [4.69, 9.17) is 9.47 Å². The summed E-state index contributed by atoms with van der Waals surface area (Å²) in [6.45, 7) is 6.19. The molecule has 4 heterocycles. The standard InChI is InChI=1S/C30H38N2O6/c1-4-11-20(2)31-16-10-15-30-23(24-28(36)37-17-9-8-14-29(24,3)38-30)26(34)32(25(30)27(31)35)22(19-33)18-21-12-6-5-7-13-21/h5-8,10,12-15,20,22-25,33H,4,9,11,16-19H2,1-3H3/t20?,22-,23+,24-,25?,29+,30+/m1/s1. The molecule has 0 bridgehead atoms. The number of aliphatic hydroxyl groups is 1. The number of amides is 2. The van der Waals surface area contributed by atoms with Gasteiger partial charge in [0.15, 0.2) is 0 Å². The number of carbonyl (C=O) groups excluding carboxylic acids is 3. The first-order valence-corrected chi connectivity index (χ1v) is 13.8. The van der Waals surface area contributed by atoms with Crippen molar-refractivity contribution in [3.63, 3.8) is 0 Å². The van der Waals surface area contributed by atoms with E-state index in [1.54, 1.807) is 11.8 Å². The third-order valence-electron chi connectivity index (χ3n) is 8.65. The van der Waals surface area contributed by atoms with Crippen LogP contribution in [0.1, 0.15) is 45.6 Å². The minimum absolute atomic E-state index is 0.0412. The van der Waals surface area contributed by atoms with Crippen LogP contribution in [0.25, 0.3) is 0 Å². The molecule has 2 amide bonds. The molecule has 2 saturated heterocycles. The van der Waals surface area contributed by atoms with Gasteiger partial charge in [-0.2, -0.15) is 0 Å². The van der Waals surface area contributed by atoms with Gasteiger partial charge in [-0.25, -0.2) is 0 Å². The lowest BCUT2D eigenvalue weighted by Gasteiger charge is -2.41. The monoisotopic (exact) mass is 522 g/mol. The Balaban J connectivity index is 1.64. The second-order valence-electron chi connectivity index (χ2n) is 11.2. The number of fused-ring (bicyclic) bond motifs is 2. The van der Waals surface area contributed by atoms with Crippen LogP contribution in [0.3, 0.4) is 0 Å². The van der Waals surface area contributed by atoms with Crippen molar-refractivity contribution in [2.75, 3.05) is 19.8 Å². The van der Waals surface area contributed by atoms with Crippen LogP contribution in [0.4, 0.5) is 0 Å². The van der Waals surface area contributed by atoms with Crippen molar-refractivity contribution in [1.82, 2.24) is 9.80 Å². The Morgan fingerprint density at radius 3 is 2.55 bits per heavy atom. The number of esters is 1. The number of nitrogens with zero attached hydrogens (tertiary/aromatic N) is 2. The molecule has 1 aromatic rings. The van der Waals surface area contributed by atoms with Crippen molar-refractivity contribution >= 4 is 17.8 Å². The minimum atomic E-state index is -1.36. The second kappa shape index (κ2) is 10.3. The summed E-state index contributed by atoms with van der Waals surface area (Å²) in [6.07, 6.45) is 10.2. The number of likely N-dealkylation sites (tertiary alicyclic amines) is 1. The van der Waals surface area contributed by atoms with Gasteiger partial charge >= 0.3 is 5.97 Å². The molecule has 1 spiro atoms. The quantitative estimate of drug-likeness (QED) is 0.437. The molecule has 0 radical (unpaired) electrons. The highest BCUT2D eigenvalue weighted by Crippen LogP contribution is 2.57. The number of benzene rings is 1. The summed E-state index contributed by atoms with van der Waals surface area (Å²) in [5, 5.41) is 10.6. The lowest BCUT2D eigenvalue weighted by molar-refractivity contribution is -0.162. The number of rotatable bonds is 7. The van der Waals surface area contributed by atoms with Crippen LogP contribution in [0.2, 0.25) is 0 Å². The van der Waals surface area contributed by atoms with Crippen molar-refractivity contribution in [3.05, 3.63) is 60.2 Å². The molecule has 0 saturated carbocycles. The van der Waals surface area contributed by atoms with Gasteiger partial charge in [-0.3, -0.25) is 14.4 Å². The van der Waals surface area contributed by atoms with E-state index in [1.165, 1.54) is 4.90 Å². The van der Waals surface area contributed by atoms with E-state index in [0.717, 1.165) is 18.4 Å². The Morgan fingerprint density at radius 2 is 1.84 bits per heavy atom. The highest BCUT2D eigenvalue weighted by atomic mass is 16.6. The van der Waals surface area contributed by atoms with E-state index >= 15 is 0 Å². The van der Waals surface area contributed by atoms with Crippen molar-refractivity contribution in [1.29, 1.82) is 0 Å². The van der Waals surface area contributed by atoms with Gasteiger partial charge in [0.25, 0.3) is 0 Å². The highest BCUT2D eigenvalue weighted by Gasteiger charge is 2.75. The van der Waals surface area contributed by atoms with Crippen molar-refractivity contribution in [2.45, 2.75) is 75.8 Å². The van der Waals surface area contributed by atoms with E-state index in [0.29, 0.717) is 19.4 Å². The minimum Gasteiger partial charge on any atom is -0.465 e. The van der Waals surface area contributed by atoms with Crippen LogP contribution in [0.5, 0.6) is 0 Å². The maximum Gasteiger partial charge on any atom is 0.313 e. The third-order valence-corrected chi connectivity index (χ3v) is 8.65. The molecule has 8 nitrogen and oxygen atoms in total. The van der Waals surface area contributed by atoms with Crippen molar-refractivity contribution in [3.8, 4) is 0 Å². The number of cyclic esters (lactones) is 1. The smallest absolute Gasteiger partial charge is 0.313 e. The van der Waals surface area contributed by atoms with E-state index in [-0.39, 0.29) is 31.1 Å². The first-order valence-electron chi connectivity index (χ1n) is 13.8. The summed E-state index contributed by atoms with van der Waals surface area (Å²) in [4.78, 5) is 45.6. The van der Waals surface area contributed by atoms with Gasteiger partial charge in [-0.05, 0) is 38.7 Å². The molecule has 0 aromatic heterocycles. The van der Waals surface area contributed by atoms with Gasteiger partial charge in [-0.1, -0.05) is 68.0 Å². The Morgan fingerprint density at radius 1 is 1.08 bits per heavy atom. The molecule has 7 atom stereocenters. The van der Waals surface area contributed by atoms with Gasteiger partial charge in [0.2, 0.25) is 11.8 Å². The summed E-state index contributed by atoms with van der Waals surface area (Å²) in [5.41, 5.74) is -1.52. The number of hydrogen-bond donors (Lipinski definition) is 1. The molecule has 0 aliphatic carbocycles. The lowest BCUT2D eigenvalue weighted by Crippen LogP contribution is -2.60. The van der Waals surface area contributed by atoms with Gasteiger partial charge in [-0.15, -0.1) is 0 Å². The van der Waals surface area contributed by atoms with Crippen LogP contribution in [0.15, 0.2) is 54.6 Å². The molecular weight excluding hydrogens is 484 g/mol. The SMILES string of the molecule is CCCC(C)N1CC=C[C@]23O[C@@]4(C)C=CCCOC(=O)[C@H]4[C@H]2C(=O)N([C@@H](CO)Cc2ccccc2)C3C1=O. The average Bonchev–Trinajstić information content (AvgIpc) is 3.22. The van der Waals surface area contributed by atoms with Crippen LogP contribution in [0, 0.1) is 11.8 Å². The summed E-state index contributed by atoms with van der Waals surface area (Å²) < 4.78 is 12.3. The van der Waals surface area contributed by atoms with Crippen LogP contribution < -0.4 is 0 Å². The molecule has 1 aromatic carbocycles. The zero-order valence-electron chi connectivity index (χ0n) is 22.4. The third kappa shape index (κ3) is 4.18. The van der Waals surface area contributed by atoms with Crippen LogP contribution in [-0.2, 0) is 30.3 Å². The van der Waals surface area contributed by atoms with Crippen LogP contribution in [-0.4, -0.2) is 81.8 Å². The summed E-state index contributed by atoms with van der Waals surface area (Å²) in [6, 6.07) is 7.89. The Labute approximate surface area is 224 Å². The molecule has 1 N–H and O–H groups in total. The van der Waals surface area contributed by atoms with Gasteiger partial charge in [0.1, 0.15) is 17.6 Å². The summed E-state index contributed by atoms with van der Waals surface area (Å²) in [7, 11) is 0. The van der Waals surface area contributed by atoms with Crippen molar-refractivity contribution < 1.29 is 29.0 Å². The van der Waals surface area contributed by atoms with Gasteiger partial charge in [0, 0.05) is 12.6 Å². The van der Waals surface area contributed by atoms with E-state index < -0.39 is 41.1 Å². The average molecular weight is 523 g/mol. The fourth-order valence-corrected chi connectivity index (χ4v) is 6.95. The zero-order chi connectivity index (χ0) is 27.1. The van der Waals surface area contributed by atoms with E-state index in [2.05, 4.69) is 6.92 Å². The summed E-state index contributed by atoms with van der Waals surface area (Å²) in [5.74, 6) is -2.91.